The van der Waals surface area contributed by atoms with E-state index < -0.39 is 10.0 Å². The van der Waals surface area contributed by atoms with Crippen molar-refractivity contribution in [1.29, 1.82) is 0 Å². The summed E-state index contributed by atoms with van der Waals surface area (Å²) in [5, 5.41) is 3.22. The highest BCUT2D eigenvalue weighted by Gasteiger charge is 2.27. The smallest absolute Gasteiger partial charge is 0.244 e. The first kappa shape index (κ1) is 16.0. The molecule has 0 spiro atoms. The minimum absolute atomic E-state index is 0.264. The van der Waals surface area contributed by atoms with E-state index in [0.717, 1.165) is 12.8 Å². The van der Waals surface area contributed by atoms with Crippen LogP contribution in [0.15, 0.2) is 47.5 Å². The number of nitrogens with zero attached hydrogens (tertiary/aromatic N) is 2. The van der Waals surface area contributed by atoms with Crippen LogP contribution in [0.25, 0.3) is 0 Å². The molecule has 1 N–H and O–H groups in total. The zero-order chi connectivity index (χ0) is 16.3. The molecule has 23 heavy (non-hydrogen) atoms. The molecule has 6 heteroatoms. The molecule has 0 radical (unpaired) electrons. The highest BCUT2D eigenvalue weighted by atomic mass is 32.2. The summed E-state index contributed by atoms with van der Waals surface area (Å²) in [7, 11) is -3.39. The Morgan fingerprint density at radius 2 is 1.96 bits per heavy atom. The van der Waals surface area contributed by atoms with Crippen LogP contribution in [0.3, 0.4) is 0 Å². The monoisotopic (exact) mass is 331 g/mol. The average molecular weight is 331 g/mol. The van der Waals surface area contributed by atoms with Gasteiger partial charge in [-0.05, 0) is 37.5 Å². The van der Waals surface area contributed by atoms with Gasteiger partial charge in [-0.25, -0.2) is 13.4 Å². The van der Waals surface area contributed by atoms with Gasteiger partial charge in [0.05, 0.1) is 0 Å². The maximum atomic E-state index is 12.4. The number of aryl methyl sites for hydroxylation is 1. The van der Waals surface area contributed by atoms with Gasteiger partial charge in [-0.2, -0.15) is 4.31 Å². The standard InChI is InChI=1S/C17H21N3O2S/c1-14-5-4-6-15(11-14)12-18-17-8-7-16(13-19-17)23(21,22)20-9-2-3-10-20/h4-8,11,13H,2-3,9-10,12H2,1H3,(H,18,19). The second kappa shape index (κ2) is 6.68. The first-order chi connectivity index (χ1) is 11.1. The molecule has 0 atom stereocenters. The second-order valence-corrected chi connectivity index (χ2v) is 7.77. The predicted molar refractivity (Wildman–Crippen MR) is 90.7 cm³/mol. The van der Waals surface area contributed by atoms with E-state index in [0.29, 0.717) is 25.5 Å². The molecule has 5 nitrogen and oxygen atoms in total. The van der Waals surface area contributed by atoms with E-state index in [4.69, 9.17) is 0 Å². The van der Waals surface area contributed by atoms with Crippen LogP contribution in [0.5, 0.6) is 0 Å². The largest absolute Gasteiger partial charge is 0.366 e. The average Bonchev–Trinajstić information content (AvgIpc) is 3.09. The van der Waals surface area contributed by atoms with Crippen LogP contribution in [-0.4, -0.2) is 30.8 Å². The summed E-state index contributed by atoms with van der Waals surface area (Å²) in [4.78, 5) is 4.50. The van der Waals surface area contributed by atoms with E-state index in [-0.39, 0.29) is 4.90 Å². The Labute approximate surface area is 137 Å². The minimum atomic E-state index is -3.39. The lowest BCUT2D eigenvalue weighted by molar-refractivity contribution is 0.477. The summed E-state index contributed by atoms with van der Waals surface area (Å²) in [6, 6.07) is 11.6. The molecular weight excluding hydrogens is 310 g/mol. The van der Waals surface area contributed by atoms with E-state index in [1.165, 1.54) is 21.6 Å². The summed E-state index contributed by atoms with van der Waals surface area (Å²) in [5.41, 5.74) is 2.38. The fourth-order valence-electron chi connectivity index (χ4n) is 2.73. The summed E-state index contributed by atoms with van der Waals surface area (Å²) < 4.78 is 26.4. The lowest BCUT2D eigenvalue weighted by atomic mass is 10.1. The van der Waals surface area contributed by atoms with Crippen LogP contribution < -0.4 is 5.32 Å². The van der Waals surface area contributed by atoms with Crippen LogP contribution in [0.1, 0.15) is 24.0 Å². The number of aromatic nitrogens is 1. The number of benzene rings is 1. The number of hydrogen-bond donors (Lipinski definition) is 1. The molecule has 0 amide bonds. The van der Waals surface area contributed by atoms with Gasteiger partial charge in [-0.3, -0.25) is 0 Å². The number of anilines is 1. The van der Waals surface area contributed by atoms with Crippen molar-refractivity contribution in [1.82, 2.24) is 9.29 Å². The lowest BCUT2D eigenvalue weighted by Crippen LogP contribution is -2.27. The van der Waals surface area contributed by atoms with Gasteiger partial charge in [0.2, 0.25) is 10.0 Å². The number of sulfonamides is 1. The fourth-order valence-corrected chi connectivity index (χ4v) is 4.19. The molecule has 2 heterocycles. The molecule has 0 saturated carbocycles. The van der Waals surface area contributed by atoms with E-state index in [2.05, 4.69) is 29.4 Å². The van der Waals surface area contributed by atoms with Crippen LogP contribution in [0, 0.1) is 6.92 Å². The predicted octanol–water partition coefficient (Wildman–Crippen LogP) is 2.79. The highest BCUT2D eigenvalue weighted by Crippen LogP contribution is 2.21. The van der Waals surface area contributed by atoms with Gasteiger partial charge in [0.25, 0.3) is 0 Å². The minimum Gasteiger partial charge on any atom is -0.366 e. The molecule has 1 aliphatic rings. The molecule has 1 aromatic carbocycles. The van der Waals surface area contributed by atoms with Crippen molar-refractivity contribution in [2.24, 2.45) is 0 Å². The van der Waals surface area contributed by atoms with Crippen molar-refractivity contribution >= 4 is 15.8 Å². The zero-order valence-corrected chi connectivity index (χ0v) is 14.0. The Morgan fingerprint density at radius 1 is 1.17 bits per heavy atom. The topological polar surface area (TPSA) is 62.3 Å². The number of rotatable bonds is 5. The van der Waals surface area contributed by atoms with Crippen LogP contribution in [0.2, 0.25) is 0 Å². The van der Waals surface area contributed by atoms with E-state index in [9.17, 15) is 8.42 Å². The first-order valence-electron chi connectivity index (χ1n) is 7.81. The van der Waals surface area contributed by atoms with E-state index in [1.54, 1.807) is 12.1 Å². The van der Waals surface area contributed by atoms with Gasteiger partial charge >= 0.3 is 0 Å². The van der Waals surface area contributed by atoms with Crippen molar-refractivity contribution in [3.63, 3.8) is 0 Å². The maximum Gasteiger partial charge on any atom is 0.244 e. The molecule has 0 unspecified atom stereocenters. The van der Waals surface area contributed by atoms with E-state index >= 15 is 0 Å². The van der Waals surface area contributed by atoms with Gasteiger partial charge < -0.3 is 5.32 Å². The third-order valence-corrected chi connectivity index (χ3v) is 5.88. The summed E-state index contributed by atoms with van der Waals surface area (Å²) >= 11 is 0. The molecule has 1 fully saturated rings. The first-order valence-corrected chi connectivity index (χ1v) is 9.25. The third-order valence-electron chi connectivity index (χ3n) is 4.00. The quantitative estimate of drug-likeness (QED) is 0.915. The molecule has 1 saturated heterocycles. The Morgan fingerprint density at radius 3 is 2.61 bits per heavy atom. The summed E-state index contributed by atoms with van der Waals surface area (Å²) in [5.74, 6) is 0.673. The molecule has 0 aliphatic carbocycles. The SMILES string of the molecule is Cc1cccc(CNc2ccc(S(=O)(=O)N3CCCC3)cn2)c1. The Kier molecular flexibility index (Phi) is 4.63. The molecule has 0 bridgehead atoms. The number of nitrogens with one attached hydrogen (secondary N) is 1. The van der Waals surface area contributed by atoms with Gasteiger partial charge in [0, 0.05) is 25.8 Å². The van der Waals surface area contributed by atoms with Gasteiger partial charge in [-0.15, -0.1) is 0 Å². The fraction of sp³-hybridized carbons (Fsp3) is 0.353. The molecule has 3 rings (SSSR count). The van der Waals surface area contributed by atoms with Crippen LogP contribution in [0.4, 0.5) is 5.82 Å². The third kappa shape index (κ3) is 3.71. The van der Waals surface area contributed by atoms with Crippen molar-refractivity contribution in [3.05, 3.63) is 53.7 Å². The van der Waals surface area contributed by atoms with Crippen LogP contribution >= 0.6 is 0 Å². The Balaban J connectivity index is 1.67. The second-order valence-electron chi connectivity index (χ2n) is 5.83. The maximum absolute atomic E-state index is 12.4. The van der Waals surface area contributed by atoms with Crippen LogP contribution in [-0.2, 0) is 16.6 Å². The zero-order valence-electron chi connectivity index (χ0n) is 13.2. The number of hydrogen-bond acceptors (Lipinski definition) is 4. The Bertz CT molecular complexity index is 767. The van der Waals surface area contributed by atoms with E-state index in [1.807, 2.05) is 12.1 Å². The van der Waals surface area contributed by atoms with Gasteiger partial charge in [-0.1, -0.05) is 29.8 Å². The van der Waals surface area contributed by atoms with Crippen molar-refractivity contribution in [2.45, 2.75) is 31.2 Å². The molecular formula is C17H21N3O2S. The summed E-state index contributed by atoms with van der Waals surface area (Å²) in [6.45, 7) is 3.93. The van der Waals surface area contributed by atoms with Crippen molar-refractivity contribution in [3.8, 4) is 0 Å². The normalized spacial score (nSPS) is 15.7. The van der Waals surface area contributed by atoms with Gasteiger partial charge in [0.1, 0.15) is 10.7 Å². The van der Waals surface area contributed by atoms with Crippen molar-refractivity contribution < 1.29 is 8.42 Å². The Hall–Kier alpha value is -1.92. The molecule has 122 valence electrons. The van der Waals surface area contributed by atoms with Crippen molar-refractivity contribution in [2.75, 3.05) is 18.4 Å². The summed E-state index contributed by atoms with van der Waals surface area (Å²) in [6.07, 6.45) is 3.30. The number of pyridine rings is 1. The van der Waals surface area contributed by atoms with Gasteiger partial charge in [0.15, 0.2) is 0 Å². The molecule has 2 aromatic rings. The lowest BCUT2D eigenvalue weighted by Gasteiger charge is -2.15. The molecule has 1 aromatic heterocycles. The molecule has 1 aliphatic heterocycles. The highest BCUT2D eigenvalue weighted by molar-refractivity contribution is 7.89.